The summed E-state index contributed by atoms with van der Waals surface area (Å²) < 4.78 is 5.11. The van der Waals surface area contributed by atoms with E-state index in [1.54, 1.807) is 24.3 Å². The maximum Gasteiger partial charge on any atom is 0.407 e. The number of hydrogen-bond acceptors (Lipinski definition) is 5. The van der Waals surface area contributed by atoms with Crippen molar-refractivity contribution in [2.45, 2.75) is 25.5 Å². The molecule has 8 nitrogen and oxygen atoms in total. The second-order valence-electron chi connectivity index (χ2n) is 6.49. The van der Waals surface area contributed by atoms with Crippen LogP contribution in [0.15, 0.2) is 60.7 Å². The van der Waals surface area contributed by atoms with Gasteiger partial charge in [-0.05, 0) is 36.1 Å². The number of nitrogens with one attached hydrogen (secondary N) is 2. The van der Waals surface area contributed by atoms with E-state index in [0.29, 0.717) is 30.6 Å². The minimum Gasteiger partial charge on any atom is -0.478 e. The van der Waals surface area contributed by atoms with Gasteiger partial charge in [-0.15, -0.1) is 0 Å². The lowest BCUT2D eigenvalue weighted by Gasteiger charge is -2.14. The summed E-state index contributed by atoms with van der Waals surface area (Å²) in [4.78, 5) is 34.7. The van der Waals surface area contributed by atoms with Gasteiger partial charge in [-0.2, -0.15) is 0 Å². The first-order chi connectivity index (χ1) is 14.5. The van der Waals surface area contributed by atoms with Crippen LogP contribution in [0.25, 0.3) is 6.08 Å². The van der Waals surface area contributed by atoms with E-state index in [1.165, 1.54) is 6.08 Å². The lowest BCUT2D eigenvalue weighted by atomic mass is 10.1. The van der Waals surface area contributed by atoms with Crippen LogP contribution in [0.2, 0.25) is 0 Å². The van der Waals surface area contributed by atoms with E-state index >= 15 is 0 Å². The first-order valence-electron chi connectivity index (χ1n) is 9.46. The minimum absolute atomic E-state index is 0.185. The summed E-state index contributed by atoms with van der Waals surface area (Å²) in [5, 5.41) is 14.1. The summed E-state index contributed by atoms with van der Waals surface area (Å²) in [5.74, 6) is -1.47. The van der Waals surface area contributed by atoms with Gasteiger partial charge >= 0.3 is 12.1 Å². The van der Waals surface area contributed by atoms with Gasteiger partial charge in [0, 0.05) is 18.3 Å². The number of nitrogens with two attached hydrogens (primary N) is 1. The summed E-state index contributed by atoms with van der Waals surface area (Å²) in [7, 11) is 0. The van der Waals surface area contributed by atoms with Crippen molar-refractivity contribution in [3.05, 3.63) is 71.8 Å². The molecule has 0 spiro atoms. The van der Waals surface area contributed by atoms with Crippen molar-refractivity contribution < 1.29 is 24.2 Å². The number of rotatable bonds is 10. The van der Waals surface area contributed by atoms with Gasteiger partial charge in [0.05, 0.1) is 6.04 Å². The number of alkyl carbamates (subject to hydrolysis) is 1. The number of carboxylic acid groups (broad SMARTS) is 1. The van der Waals surface area contributed by atoms with Crippen LogP contribution in [0.1, 0.15) is 24.0 Å². The molecule has 0 heterocycles. The van der Waals surface area contributed by atoms with Crippen molar-refractivity contribution in [2.75, 3.05) is 11.9 Å². The second kappa shape index (κ2) is 12.0. The topological polar surface area (TPSA) is 131 Å². The number of carboxylic acids is 1. The zero-order valence-corrected chi connectivity index (χ0v) is 16.4. The number of amides is 2. The third-order valence-electron chi connectivity index (χ3n) is 4.13. The molecule has 2 amide bonds. The van der Waals surface area contributed by atoms with E-state index in [0.717, 1.165) is 11.6 Å². The van der Waals surface area contributed by atoms with Gasteiger partial charge in [-0.1, -0.05) is 48.5 Å². The maximum atomic E-state index is 12.3. The van der Waals surface area contributed by atoms with Crippen LogP contribution in [-0.4, -0.2) is 35.7 Å². The van der Waals surface area contributed by atoms with Gasteiger partial charge < -0.3 is 26.2 Å². The first kappa shape index (κ1) is 22.6. The number of ether oxygens (including phenoxy) is 1. The molecule has 2 aromatic carbocycles. The molecule has 0 aromatic heterocycles. The van der Waals surface area contributed by atoms with Crippen LogP contribution in [-0.2, 0) is 20.9 Å². The number of aliphatic carboxylic acids is 1. The molecule has 30 heavy (non-hydrogen) atoms. The van der Waals surface area contributed by atoms with Crippen LogP contribution < -0.4 is 16.4 Å². The number of benzene rings is 2. The lowest BCUT2D eigenvalue weighted by Crippen LogP contribution is -2.36. The Morgan fingerprint density at radius 1 is 1.07 bits per heavy atom. The first-order valence-corrected chi connectivity index (χ1v) is 9.46. The van der Waals surface area contributed by atoms with E-state index in [9.17, 15) is 14.4 Å². The molecule has 0 aliphatic heterocycles. The predicted molar refractivity (Wildman–Crippen MR) is 114 cm³/mol. The molecule has 0 radical (unpaired) electrons. The third kappa shape index (κ3) is 8.15. The van der Waals surface area contributed by atoms with Crippen molar-refractivity contribution in [1.82, 2.24) is 5.32 Å². The molecule has 0 saturated carbocycles. The molecular weight excluding hydrogens is 386 g/mol. The number of anilines is 1. The number of para-hydroxylation sites is 1. The van der Waals surface area contributed by atoms with Gasteiger partial charge in [0.15, 0.2) is 0 Å². The highest BCUT2D eigenvalue weighted by Gasteiger charge is 2.14. The number of hydrogen-bond donors (Lipinski definition) is 4. The fourth-order valence-electron chi connectivity index (χ4n) is 2.56. The molecule has 0 aliphatic rings. The largest absolute Gasteiger partial charge is 0.478 e. The summed E-state index contributed by atoms with van der Waals surface area (Å²) >= 11 is 0. The van der Waals surface area contributed by atoms with E-state index in [2.05, 4.69) is 10.6 Å². The van der Waals surface area contributed by atoms with Crippen LogP contribution >= 0.6 is 0 Å². The van der Waals surface area contributed by atoms with Crippen molar-refractivity contribution in [2.24, 2.45) is 5.73 Å². The average Bonchev–Trinajstić information content (AvgIpc) is 2.75. The standard InChI is InChI=1S/C22H25N3O5/c23-18(10-6-14-24-22(29)30-15-16-7-2-1-3-8-16)21(28)25-19-11-5-4-9-17(19)12-13-20(26)27/h1-5,7-9,11-13,18H,6,10,14-15,23H2,(H,24,29)(H,25,28)(H,26,27)/b13-12+/t18-/m0/s1. The Balaban J connectivity index is 1.71. The fraction of sp³-hybridized carbons (Fsp3) is 0.227. The summed E-state index contributed by atoms with van der Waals surface area (Å²) in [6, 6.07) is 15.4. The van der Waals surface area contributed by atoms with Gasteiger partial charge in [0.25, 0.3) is 0 Å². The molecule has 2 aromatic rings. The zero-order chi connectivity index (χ0) is 21.8. The maximum absolute atomic E-state index is 12.3. The van der Waals surface area contributed by atoms with Crippen LogP contribution in [0.5, 0.6) is 0 Å². The molecule has 0 unspecified atom stereocenters. The van der Waals surface area contributed by atoms with E-state index in [1.807, 2.05) is 30.3 Å². The predicted octanol–water partition coefficient (Wildman–Crippen LogP) is 2.76. The van der Waals surface area contributed by atoms with Gasteiger partial charge in [0.1, 0.15) is 6.61 Å². The molecular formula is C22H25N3O5. The van der Waals surface area contributed by atoms with Crippen molar-refractivity contribution in [3.8, 4) is 0 Å². The molecule has 0 saturated heterocycles. The molecule has 158 valence electrons. The quantitative estimate of drug-likeness (QED) is 0.351. The molecule has 8 heteroatoms. The van der Waals surface area contributed by atoms with Crippen LogP contribution in [0, 0.1) is 0 Å². The molecule has 0 bridgehead atoms. The van der Waals surface area contributed by atoms with Crippen LogP contribution in [0.4, 0.5) is 10.5 Å². The smallest absolute Gasteiger partial charge is 0.407 e. The van der Waals surface area contributed by atoms with Crippen molar-refractivity contribution in [1.29, 1.82) is 0 Å². The Labute approximate surface area is 174 Å². The average molecular weight is 411 g/mol. The highest BCUT2D eigenvalue weighted by molar-refractivity contribution is 5.97. The van der Waals surface area contributed by atoms with E-state index < -0.39 is 24.0 Å². The van der Waals surface area contributed by atoms with Crippen molar-refractivity contribution in [3.63, 3.8) is 0 Å². The summed E-state index contributed by atoms with van der Waals surface area (Å²) in [5.41, 5.74) is 7.84. The number of carbonyl (C=O) groups excluding carboxylic acids is 2. The summed E-state index contributed by atoms with van der Waals surface area (Å²) in [6.07, 6.45) is 2.71. The lowest BCUT2D eigenvalue weighted by molar-refractivity contribution is -0.131. The Kier molecular flexibility index (Phi) is 9.08. The normalized spacial score (nSPS) is 11.6. The van der Waals surface area contributed by atoms with Gasteiger partial charge in [-0.25, -0.2) is 9.59 Å². The fourth-order valence-corrected chi connectivity index (χ4v) is 2.56. The highest BCUT2D eigenvalue weighted by Crippen LogP contribution is 2.17. The Morgan fingerprint density at radius 2 is 1.77 bits per heavy atom. The third-order valence-corrected chi connectivity index (χ3v) is 4.13. The van der Waals surface area contributed by atoms with Gasteiger partial charge in [-0.3, -0.25) is 4.79 Å². The molecule has 2 rings (SSSR count). The molecule has 1 atom stereocenters. The SMILES string of the molecule is N[C@@H](CCCNC(=O)OCc1ccccc1)C(=O)Nc1ccccc1/C=C/C(=O)O. The molecule has 0 aliphatic carbocycles. The molecule has 0 fully saturated rings. The second-order valence-corrected chi connectivity index (χ2v) is 6.49. The van der Waals surface area contributed by atoms with Crippen LogP contribution in [0.3, 0.4) is 0 Å². The zero-order valence-electron chi connectivity index (χ0n) is 16.4. The number of carbonyl (C=O) groups is 3. The van der Waals surface area contributed by atoms with E-state index in [4.69, 9.17) is 15.6 Å². The Hall–Kier alpha value is -3.65. The Bertz CT molecular complexity index is 883. The minimum atomic E-state index is -1.08. The van der Waals surface area contributed by atoms with Crippen molar-refractivity contribution >= 4 is 29.7 Å². The summed E-state index contributed by atoms with van der Waals surface area (Å²) in [6.45, 7) is 0.511. The Morgan fingerprint density at radius 3 is 2.50 bits per heavy atom. The highest BCUT2D eigenvalue weighted by atomic mass is 16.5. The van der Waals surface area contributed by atoms with Gasteiger partial charge in [0.2, 0.25) is 5.91 Å². The van der Waals surface area contributed by atoms with E-state index in [-0.39, 0.29) is 6.61 Å². The molecule has 5 N–H and O–H groups in total. The monoisotopic (exact) mass is 411 g/mol.